The van der Waals surface area contributed by atoms with Crippen LogP contribution in [0.4, 0.5) is 0 Å². The van der Waals surface area contributed by atoms with Gasteiger partial charge in [0.15, 0.2) is 0 Å². The first-order valence-electron chi connectivity index (χ1n) is 14.4. The molecule has 0 radical (unpaired) electrons. The van der Waals surface area contributed by atoms with E-state index in [1.54, 1.807) is 0 Å². The van der Waals surface area contributed by atoms with Crippen molar-refractivity contribution in [3.05, 3.63) is 0 Å². The van der Waals surface area contributed by atoms with Crippen LogP contribution in [0.1, 0.15) is 79.1 Å². The van der Waals surface area contributed by atoms with Gasteiger partial charge < -0.3 is 34.2 Å². The average Bonchev–Trinajstić information content (AvgIpc) is 2.72. The van der Waals surface area contributed by atoms with Crippen LogP contribution in [-0.4, -0.2) is 69.7 Å². The molecule has 0 saturated heterocycles. The Balaban J connectivity index is 6.34. The van der Waals surface area contributed by atoms with Crippen molar-refractivity contribution in [1.82, 2.24) is 0 Å². The van der Waals surface area contributed by atoms with E-state index in [4.69, 9.17) is 34.2 Å². The first-order valence-corrected chi connectivity index (χ1v) is 27.3. The summed E-state index contributed by atoms with van der Waals surface area (Å²) in [6, 6.07) is 0. The van der Waals surface area contributed by atoms with Crippen LogP contribution >= 0.6 is 0 Å². The Morgan fingerprint density at radius 1 is 0.351 bits per heavy atom. The number of hydrogen-bond acceptors (Lipinski definition) is 8. The Labute approximate surface area is 234 Å². The van der Waals surface area contributed by atoms with E-state index >= 15 is 0 Å². The van der Waals surface area contributed by atoms with Crippen LogP contribution in [0.3, 0.4) is 0 Å². The number of rotatable bonds is 24. The summed E-state index contributed by atoms with van der Waals surface area (Å²) in [5.41, 5.74) is 0. The van der Waals surface area contributed by atoms with E-state index in [2.05, 4.69) is 27.7 Å². The quantitative estimate of drug-likeness (QED) is 0.0812. The van der Waals surface area contributed by atoms with Crippen molar-refractivity contribution in [2.24, 2.45) is 0 Å². The first-order chi connectivity index (χ1) is 17.1. The average molecular weight is 617 g/mol. The van der Waals surface area contributed by atoms with E-state index in [1.165, 1.54) is 0 Å². The summed E-state index contributed by atoms with van der Waals surface area (Å²) in [6.07, 6.45) is 8.10. The predicted molar refractivity (Wildman–Crippen MR) is 163 cm³/mol. The minimum atomic E-state index is -3.83. The van der Waals surface area contributed by atoms with Crippen molar-refractivity contribution in [1.29, 1.82) is 0 Å². The van der Waals surface area contributed by atoms with Gasteiger partial charge in [-0.2, -0.15) is 0 Å². The third kappa shape index (κ3) is 18.7. The fourth-order valence-corrected chi connectivity index (χ4v) is 19.7. The molecule has 0 aromatic rings. The highest BCUT2D eigenvalue weighted by Crippen LogP contribution is 2.31. The van der Waals surface area contributed by atoms with Crippen LogP contribution < -0.4 is 0 Å². The highest BCUT2D eigenvalue weighted by molar-refractivity contribution is 6.88. The van der Waals surface area contributed by atoms with Crippen LogP contribution in [0, 0.1) is 0 Å². The van der Waals surface area contributed by atoms with Gasteiger partial charge in [-0.1, -0.05) is 53.4 Å². The molecule has 8 nitrogen and oxygen atoms in total. The monoisotopic (exact) mass is 616 g/mol. The summed E-state index contributed by atoms with van der Waals surface area (Å²) in [7, 11) is -14.6. The molecule has 0 amide bonds. The van der Waals surface area contributed by atoms with Crippen molar-refractivity contribution in [3.63, 3.8) is 0 Å². The molecule has 0 atom stereocenters. The van der Waals surface area contributed by atoms with E-state index in [1.807, 2.05) is 52.4 Å². The molecule has 0 spiro atoms. The molecule has 0 aliphatic heterocycles. The molecule has 0 aromatic heterocycles. The minimum absolute atomic E-state index is 0.635. The second kappa shape index (κ2) is 18.2. The SMILES string of the molecule is CCCCO[Si](C)(C)O[Si](O[Si](C)(C)OCCCC)(O[Si](C)(C)OCCCC)O[Si](C)(C)OCCCC. The fraction of sp³-hybridized carbons (Fsp3) is 1.00. The van der Waals surface area contributed by atoms with Crippen LogP contribution in [0.2, 0.25) is 52.4 Å². The summed E-state index contributed by atoms with van der Waals surface area (Å²) in [4.78, 5) is 0. The molecule has 0 aromatic carbocycles. The molecule has 0 N–H and O–H groups in total. The van der Waals surface area contributed by atoms with Crippen molar-refractivity contribution >= 4 is 43.3 Å². The van der Waals surface area contributed by atoms with Crippen LogP contribution in [0.15, 0.2) is 0 Å². The molecule has 13 heteroatoms. The maximum Gasteiger partial charge on any atom is 0.643 e. The smallest absolute Gasteiger partial charge is 0.395 e. The largest absolute Gasteiger partial charge is 0.643 e. The molecular weight excluding hydrogens is 557 g/mol. The van der Waals surface area contributed by atoms with Crippen molar-refractivity contribution in [2.45, 2.75) is 131 Å². The van der Waals surface area contributed by atoms with E-state index in [9.17, 15) is 0 Å². The zero-order chi connectivity index (χ0) is 28.6. The van der Waals surface area contributed by atoms with Gasteiger partial charge in [0.05, 0.1) is 0 Å². The summed E-state index contributed by atoms with van der Waals surface area (Å²) in [5, 5.41) is 0. The van der Waals surface area contributed by atoms with Crippen molar-refractivity contribution in [3.8, 4) is 0 Å². The van der Waals surface area contributed by atoms with Gasteiger partial charge in [0.1, 0.15) is 0 Å². The van der Waals surface area contributed by atoms with Crippen molar-refractivity contribution in [2.75, 3.05) is 26.4 Å². The zero-order valence-electron chi connectivity index (χ0n) is 26.3. The highest BCUT2D eigenvalue weighted by atomic mass is 28.6. The summed E-state index contributed by atoms with van der Waals surface area (Å²) in [5.74, 6) is 0. The number of unbranched alkanes of at least 4 members (excludes halogenated alkanes) is 4. The van der Waals surface area contributed by atoms with Gasteiger partial charge >= 0.3 is 43.3 Å². The van der Waals surface area contributed by atoms with Gasteiger partial charge in [0.25, 0.3) is 0 Å². The Bertz CT molecular complexity index is 492. The number of hydrogen-bond donors (Lipinski definition) is 0. The Morgan fingerprint density at radius 2 is 0.541 bits per heavy atom. The molecule has 0 rings (SSSR count). The van der Waals surface area contributed by atoms with E-state index in [0.717, 1.165) is 51.4 Å². The lowest BCUT2D eigenvalue weighted by Crippen LogP contribution is -2.68. The lowest BCUT2D eigenvalue weighted by atomic mass is 10.4. The van der Waals surface area contributed by atoms with E-state index in [0.29, 0.717) is 26.4 Å². The maximum absolute atomic E-state index is 6.85. The predicted octanol–water partition coefficient (Wildman–Crippen LogP) is 7.56. The van der Waals surface area contributed by atoms with Crippen LogP contribution in [-0.2, 0) is 34.2 Å². The minimum Gasteiger partial charge on any atom is -0.395 e. The van der Waals surface area contributed by atoms with Gasteiger partial charge in [0.2, 0.25) is 0 Å². The normalized spacial score (nSPS) is 13.9. The fourth-order valence-electron chi connectivity index (χ4n) is 3.30. The lowest BCUT2D eigenvalue weighted by Gasteiger charge is -2.44. The van der Waals surface area contributed by atoms with E-state index in [-0.39, 0.29) is 0 Å². The van der Waals surface area contributed by atoms with Crippen LogP contribution in [0.5, 0.6) is 0 Å². The summed E-state index contributed by atoms with van der Waals surface area (Å²) < 4.78 is 52.6. The van der Waals surface area contributed by atoms with Crippen molar-refractivity contribution < 1.29 is 34.2 Å². The molecule has 0 bridgehead atoms. The van der Waals surface area contributed by atoms with E-state index < -0.39 is 43.3 Å². The van der Waals surface area contributed by atoms with Gasteiger partial charge in [-0.05, 0) is 78.1 Å². The molecule has 224 valence electrons. The first kappa shape index (κ1) is 37.8. The molecule has 0 heterocycles. The Hall–Kier alpha value is 0.764. The molecule has 0 fully saturated rings. The second-order valence-corrected chi connectivity index (χ2v) is 27.9. The second-order valence-electron chi connectivity index (χ2n) is 11.3. The highest BCUT2D eigenvalue weighted by Gasteiger charge is 2.60. The van der Waals surface area contributed by atoms with Gasteiger partial charge in [-0.25, -0.2) is 0 Å². The Morgan fingerprint density at radius 3 is 0.703 bits per heavy atom. The topological polar surface area (TPSA) is 73.8 Å². The zero-order valence-corrected chi connectivity index (χ0v) is 31.3. The third-order valence-electron chi connectivity index (χ3n) is 5.27. The summed E-state index contributed by atoms with van der Waals surface area (Å²) >= 11 is 0. The maximum atomic E-state index is 6.85. The lowest BCUT2D eigenvalue weighted by molar-refractivity contribution is 0.0681. The third-order valence-corrected chi connectivity index (χ3v) is 20.7. The molecule has 37 heavy (non-hydrogen) atoms. The molecule has 0 aliphatic rings. The van der Waals surface area contributed by atoms with Gasteiger partial charge in [-0.15, -0.1) is 0 Å². The Kier molecular flexibility index (Phi) is 18.6. The molecule has 0 saturated carbocycles. The standard InChI is InChI=1S/C24H60O8Si5/c1-13-17-21-25-33(5,6)29-37(30-34(7,8)26-22-18-14-2,31-35(9,10)27-23-19-15-3)32-36(11,12)28-24-20-16-4/h13-24H2,1-12H3. The van der Waals surface area contributed by atoms with Gasteiger partial charge in [0, 0.05) is 26.4 Å². The molecule has 0 aliphatic carbocycles. The summed E-state index contributed by atoms with van der Waals surface area (Å²) in [6.45, 7) is 27.4. The van der Waals surface area contributed by atoms with Crippen LogP contribution in [0.25, 0.3) is 0 Å². The molecule has 0 unspecified atom stereocenters. The molecular formula is C24H60O8Si5. The van der Waals surface area contributed by atoms with Gasteiger partial charge in [-0.3, -0.25) is 0 Å².